The molecule has 0 radical (unpaired) electrons. The molecule has 1 unspecified atom stereocenters. The first-order valence-corrected chi connectivity index (χ1v) is 7.84. The van der Waals surface area contributed by atoms with E-state index < -0.39 is 5.97 Å². The van der Waals surface area contributed by atoms with Crippen molar-refractivity contribution in [2.24, 2.45) is 0 Å². The minimum atomic E-state index is -1.13. The molecule has 0 saturated heterocycles. The maximum atomic E-state index is 11.8. The molecule has 0 bridgehead atoms. The number of carboxylic acids is 1. The fraction of sp³-hybridized carbons (Fsp3) is 0.385. The van der Waals surface area contributed by atoms with Gasteiger partial charge in [-0.1, -0.05) is 18.5 Å². The number of hydrogen-bond donors (Lipinski definition) is 3. The third-order valence-electron chi connectivity index (χ3n) is 2.65. The van der Waals surface area contributed by atoms with Gasteiger partial charge < -0.3 is 15.7 Å². The van der Waals surface area contributed by atoms with Crippen LogP contribution in [-0.4, -0.2) is 35.2 Å². The molecule has 20 heavy (non-hydrogen) atoms. The highest BCUT2D eigenvalue weighted by molar-refractivity contribution is 7.98. The van der Waals surface area contributed by atoms with Crippen LogP contribution in [-0.2, 0) is 0 Å². The third kappa shape index (κ3) is 4.94. The van der Waals surface area contributed by atoms with Crippen molar-refractivity contribution in [3.8, 4) is 0 Å². The summed E-state index contributed by atoms with van der Waals surface area (Å²) in [5.41, 5.74) is 0.351. The smallest absolute Gasteiger partial charge is 0.337 e. The summed E-state index contributed by atoms with van der Waals surface area (Å²) < 4.78 is 0. The van der Waals surface area contributed by atoms with Crippen molar-refractivity contribution in [2.75, 3.05) is 17.3 Å². The minimum Gasteiger partial charge on any atom is -0.478 e. The summed E-state index contributed by atoms with van der Waals surface area (Å²) in [7, 11) is 0. The summed E-state index contributed by atoms with van der Waals surface area (Å²) in [6.45, 7) is 1.99. The zero-order chi connectivity index (χ0) is 15.1. The van der Waals surface area contributed by atoms with E-state index in [0.29, 0.717) is 5.69 Å². The molecular weight excluding hydrogens is 300 g/mol. The molecule has 0 saturated carbocycles. The number of carbonyl (C=O) groups excluding carboxylic acids is 1. The Balaban J connectivity index is 2.71. The van der Waals surface area contributed by atoms with Crippen LogP contribution in [0.3, 0.4) is 0 Å². The largest absolute Gasteiger partial charge is 0.478 e. The molecule has 0 heterocycles. The number of urea groups is 1. The molecule has 110 valence electrons. The fourth-order valence-corrected chi connectivity index (χ4v) is 2.50. The Morgan fingerprint density at radius 3 is 2.70 bits per heavy atom. The number of aromatic carboxylic acids is 1. The van der Waals surface area contributed by atoms with Crippen LogP contribution in [0.1, 0.15) is 23.7 Å². The van der Waals surface area contributed by atoms with Crippen LogP contribution < -0.4 is 10.6 Å². The maximum Gasteiger partial charge on any atom is 0.337 e. The minimum absolute atomic E-state index is 0.0411. The van der Waals surface area contributed by atoms with E-state index in [9.17, 15) is 9.59 Å². The number of thioether (sulfide) groups is 1. The summed E-state index contributed by atoms with van der Waals surface area (Å²) >= 11 is 7.42. The van der Waals surface area contributed by atoms with Crippen molar-refractivity contribution in [1.29, 1.82) is 0 Å². The lowest BCUT2D eigenvalue weighted by molar-refractivity contribution is 0.0697. The molecule has 3 N–H and O–H groups in total. The number of halogens is 1. The van der Waals surface area contributed by atoms with Crippen molar-refractivity contribution < 1.29 is 14.7 Å². The highest BCUT2D eigenvalue weighted by Crippen LogP contribution is 2.20. The van der Waals surface area contributed by atoms with Crippen LogP contribution in [0.5, 0.6) is 0 Å². The quantitative estimate of drug-likeness (QED) is 0.752. The number of amides is 2. The summed E-state index contributed by atoms with van der Waals surface area (Å²) in [5.74, 6) is -0.307. The van der Waals surface area contributed by atoms with Crippen molar-refractivity contribution in [3.05, 3.63) is 28.8 Å². The van der Waals surface area contributed by atoms with Crippen molar-refractivity contribution in [1.82, 2.24) is 5.32 Å². The normalized spacial score (nSPS) is 11.8. The second-order valence-electron chi connectivity index (χ2n) is 4.16. The number of rotatable bonds is 6. The molecule has 0 fully saturated rings. The Morgan fingerprint density at radius 1 is 1.45 bits per heavy atom. The molecule has 0 aliphatic heterocycles. The number of carboxylic acid groups (broad SMARTS) is 1. The molecule has 0 aliphatic carbocycles. The SMILES string of the molecule is CCC(CSC)NC(=O)Nc1ccc(Cl)c(C(=O)O)c1. The van der Waals surface area contributed by atoms with Crippen LogP contribution >= 0.6 is 23.4 Å². The maximum absolute atomic E-state index is 11.8. The highest BCUT2D eigenvalue weighted by atomic mass is 35.5. The van der Waals surface area contributed by atoms with Gasteiger partial charge in [-0.2, -0.15) is 11.8 Å². The molecule has 0 spiro atoms. The van der Waals surface area contributed by atoms with E-state index in [4.69, 9.17) is 16.7 Å². The van der Waals surface area contributed by atoms with Gasteiger partial charge in [-0.15, -0.1) is 0 Å². The van der Waals surface area contributed by atoms with E-state index in [1.165, 1.54) is 12.1 Å². The standard InChI is InChI=1S/C13H17ClN2O3S/c1-3-8(7-20-2)15-13(19)16-9-4-5-11(14)10(6-9)12(17)18/h4-6,8H,3,7H2,1-2H3,(H,17,18)(H2,15,16,19). The average molecular weight is 317 g/mol. The van der Waals surface area contributed by atoms with Crippen molar-refractivity contribution >= 4 is 41.1 Å². The van der Waals surface area contributed by atoms with Crippen LogP contribution in [0, 0.1) is 0 Å². The van der Waals surface area contributed by atoms with Gasteiger partial charge in [0.2, 0.25) is 0 Å². The van der Waals surface area contributed by atoms with Gasteiger partial charge in [0.25, 0.3) is 0 Å². The molecule has 1 aromatic carbocycles. The topological polar surface area (TPSA) is 78.4 Å². The van der Waals surface area contributed by atoms with Gasteiger partial charge in [0.05, 0.1) is 10.6 Å². The first kappa shape index (κ1) is 16.7. The molecule has 0 aliphatic rings. The zero-order valence-electron chi connectivity index (χ0n) is 11.3. The molecule has 1 aromatic rings. The lowest BCUT2D eigenvalue weighted by atomic mass is 10.2. The molecular formula is C13H17ClN2O3S. The third-order valence-corrected chi connectivity index (χ3v) is 3.72. The molecule has 5 nitrogen and oxygen atoms in total. The Morgan fingerprint density at radius 2 is 2.15 bits per heavy atom. The van der Waals surface area contributed by atoms with E-state index in [0.717, 1.165) is 12.2 Å². The lowest BCUT2D eigenvalue weighted by Crippen LogP contribution is -2.39. The fourth-order valence-electron chi connectivity index (χ4n) is 1.58. The van der Waals surface area contributed by atoms with Gasteiger partial charge >= 0.3 is 12.0 Å². The predicted octanol–water partition coefficient (Wildman–Crippen LogP) is 3.30. The van der Waals surface area contributed by atoms with Gasteiger partial charge in [0, 0.05) is 17.5 Å². The first-order chi connectivity index (χ1) is 9.47. The molecule has 2 amide bonds. The Bertz CT molecular complexity index is 497. The average Bonchev–Trinajstić information content (AvgIpc) is 2.40. The second-order valence-corrected chi connectivity index (χ2v) is 5.48. The number of hydrogen-bond acceptors (Lipinski definition) is 3. The monoisotopic (exact) mass is 316 g/mol. The number of anilines is 1. The van der Waals surface area contributed by atoms with Crippen LogP contribution in [0.4, 0.5) is 10.5 Å². The first-order valence-electron chi connectivity index (χ1n) is 6.07. The Labute approximate surface area is 127 Å². The van der Waals surface area contributed by atoms with Gasteiger partial charge in [0.15, 0.2) is 0 Å². The van der Waals surface area contributed by atoms with Gasteiger partial charge in [-0.3, -0.25) is 0 Å². The lowest BCUT2D eigenvalue weighted by Gasteiger charge is -2.16. The van der Waals surface area contributed by atoms with Crippen LogP contribution in [0.25, 0.3) is 0 Å². The van der Waals surface area contributed by atoms with Crippen molar-refractivity contribution in [3.63, 3.8) is 0 Å². The van der Waals surface area contributed by atoms with Crippen LogP contribution in [0.15, 0.2) is 18.2 Å². The van der Waals surface area contributed by atoms with Crippen molar-refractivity contribution in [2.45, 2.75) is 19.4 Å². The molecule has 1 rings (SSSR count). The summed E-state index contributed by atoms with van der Waals surface area (Å²) in [4.78, 5) is 22.8. The van der Waals surface area contributed by atoms with Gasteiger partial charge in [0.1, 0.15) is 0 Å². The van der Waals surface area contributed by atoms with Gasteiger partial charge in [-0.25, -0.2) is 9.59 Å². The van der Waals surface area contributed by atoms with E-state index >= 15 is 0 Å². The Kier molecular flexibility index (Phi) is 6.67. The number of carbonyl (C=O) groups is 2. The van der Waals surface area contributed by atoms with E-state index in [1.54, 1.807) is 17.8 Å². The van der Waals surface area contributed by atoms with Crippen LogP contribution in [0.2, 0.25) is 5.02 Å². The Hall–Kier alpha value is -1.40. The van der Waals surface area contributed by atoms with E-state index in [-0.39, 0.29) is 22.7 Å². The molecule has 7 heteroatoms. The highest BCUT2D eigenvalue weighted by Gasteiger charge is 2.12. The summed E-state index contributed by atoms with van der Waals surface area (Å²) in [5, 5.41) is 14.5. The number of benzene rings is 1. The zero-order valence-corrected chi connectivity index (χ0v) is 12.8. The van der Waals surface area contributed by atoms with Gasteiger partial charge in [-0.05, 0) is 30.9 Å². The van der Waals surface area contributed by atoms with E-state index in [1.807, 2.05) is 13.2 Å². The predicted molar refractivity (Wildman–Crippen MR) is 83.0 cm³/mol. The second kappa shape index (κ2) is 8.01. The van der Waals surface area contributed by atoms with E-state index in [2.05, 4.69) is 10.6 Å². The molecule has 0 aromatic heterocycles. The molecule has 1 atom stereocenters. The summed E-state index contributed by atoms with van der Waals surface area (Å²) in [6.07, 6.45) is 2.80. The summed E-state index contributed by atoms with van der Waals surface area (Å²) in [6, 6.07) is 4.06. The number of nitrogens with one attached hydrogen (secondary N) is 2.